The highest BCUT2D eigenvalue weighted by atomic mass is 35.5. The molecule has 0 aliphatic heterocycles. The molecular formula is C21H18ClFN2O3S. The third-order valence-corrected chi connectivity index (χ3v) is 6.65. The fourth-order valence-electron chi connectivity index (χ4n) is 2.64. The van der Waals surface area contributed by atoms with Crippen molar-refractivity contribution < 1.29 is 17.6 Å². The molecule has 0 aliphatic rings. The lowest BCUT2D eigenvalue weighted by atomic mass is 10.2. The topological polar surface area (TPSA) is 66.5 Å². The highest BCUT2D eigenvalue weighted by molar-refractivity contribution is 7.93. The largest absolute Gasteiger partial charge is 0.322 e. The van der Waals surface area contributed by atoms with Crippen LogP contribution in [0.15, 0.2) is 71.6 Å². The molecule has 0 atom stereocenters. The molecule has 0 unspecified atom stereocenters. The number of hydrogen-bond donors (Lipinski definition) is 1. The van der Waals surface area contributed by atoms with Gasteiger partial charge in [0, 0.05) is 18.3 Å². The first-order valence-corrected chi connectivity index (χ1v) is 10.4. The second kappa shape index (κ2) is 8.23. The molecule has 1 amide bonds. The fraction of sp³-hybridized carbons (Fsp3) is 0.0952. The SMILES string of the molecule is Cc1ccc(NC(=O)c2ccc(Cl)c(S(=O)(=O)N(C)c3ccccc3)c2)cc1F. The minimum absolute atomic E-state index is 0.00860. The van der Waals surface area contributed by atoms with Crippen LogP contribution in [0.25, 0.3) is 0 Å². The number of benzene rings is 3. The summed E-state index contributed by atoms with van der Waals surface area (Å²) in [5, 5.41) is 2.55. The summed E-state index contributed by atoms with van der Waals surface area (Å²) < 4.78 is 40.8. The Bertz CT molecular complexity index is 1170. The molecule has 150 valence electrons. The van der Waals surface area contributed by atoms with Crippen molar-refractivity contribution in [2.24, 2.45) is 0 Å². The maximum Gasteiger partial charge on any atom is 0.265 e. The molecule has 1 N–H and O–H groups in total. The molecule has 0 bridgehead atoms. The molecule has 0 radical (unpaired) electrons. The molecule has 0 spiro atoms. The number of anilines is 2. The molecule has 0 aliphatic carbocycles. The molecule has 0 aromatic heterocycles. The van der Waals surface area contributed by atoms with Crippen LogP contribution in [0.5, 0.6) is 0 Å². The number of para-hydroxylation sites is 1. The predicted molar refractivity (Wildman–Crippen MR) is 113 cm³/mol. The van der Waals surface area contributed by atoms with E-state index in [1.54, 1.807) is 43.3 Å². The van der Waals surface area contributed by atoms with E-state index in [0.29, 0.717) is 11.3 Å². The minimum atomic E-state index is -4.00. The van der Waals surface area contributed by atoms with Gasteiger partial charge in [-0.05, 0) is 55.0 Å². The zero-order valence-corrected chi connectivity index (χ0v) is 17.3. The van der Waals surface area contributed by atoms with Gasteiger partial charge in [-0.25, -0.2) is 12.8 Å². The maximum absolute atomic E-state index is 13.7. The van der Waals surface area contributed by atoms with Crippen LogP contribution in [-0.2, 0) is 10.0 Å². The number of halogens is 2. The summed E-state index contributed by atoms with van der Waals surface area (Å²) in [6.45, 7) is 1.61. The van der Waals surface area contributed by atoms with Crippen LogP contribution in [0.1, 0.15) is 15.9 Å². The van der Waals surface area contributed by atoms with Gasteiger partial charge in [0.2, 0.25) is 0 Å². The number of amides is 1. The van der Waals surface area contributed by atoms with Crippen molar-refractivity contribution in [2.45, 2.75) is 11.8 Å². The average molecular weight is 433 g/mol. The summed E-state index contributed by atoms with van der Waals surface area (Å²) in [4.78, 5) is 12.4. The van der Waals surface area contributed by atoms with Crippen molar-refractivity contribution in [2.75, 3.05) is 16.7 Å². The number of sulfonamides is 1. The number of nitrogens with zero attached hydrogens (tertiary/aromatic N) is 1. The van der Waals surface area contributed by atoms with Crippen molar-refractivity contribution in [3.63, 3.8) is 0 Å². The summed E-state index contributed by atoms with van der Waals surface area (Å²) in [6.07, 6.45) is 0. The number of nitrogens with one attached hydrogen (secondary N) is 1. The van der Waals surface area contributed by atoms with Crippen LogP contribution < -0.4 is 9.62 Å². The van der Waals surface area contributed by atoms with Crippen molar-refractivity contribution in [3.8, 4) is 0 Å². The van der Waals surface area contributed by atoms with Gasteiger partial charge >= 0.3 is 0 Å². The summed E-state index contributed by atoms with van der Waals surface area (Å²) in [5.41, 5.74) is 1.25. The Balaban J connectivity index is 1.93. The minimum Gasteiger partial charge on any atom is -0.322 e. The van der Waals surface area contributed by atoms with E-state index in [1.807, 2.05) is 0 Å². The van der Waals surface area contributed by atoms with E-state index in [1.165, 1.54) is 37.4 Å². The highest BCUT2D eigenvalue weighted by Crippen LogP contribution is 2.28. The zero-order chi connectivity index (χ0) is 21.2. The van der Waals surface area contributed by atoms with Gasteiger partial charge in [0.05, 0.1) is 10.7 Å². The molecule has 29 heavy (non-hydrogen) atoms. The van der Waals surface area contributed by atoms with E-state index in [9.17, 15) is 17.6 Å². The zero-order valence-electron chi connectivity index (χ0n) is 15.7. The van der Waals surface area contributed by atoms with Crippen molar-refractivity contribution in [3.05, 3.63) is 88.7 Å². The number of aryl methyl sites for hydroxylation is 1. The molecule has 0 saturated carbocycles. The summed E-state index contributed by atoms with van der Waals surface area (Å²) >= 11 is 6.13. The van der Waals surface area contributed by atoms with Gasteiger partial charge in [-0.2, -0.15) is 0 Å². The number of hydrogen-bond acceptors (Lipinski definition) is 3. The smallest absolute Gasteiger partial charge is 0.265 e. The summed E-state index contributed by atoms with van der Waals surface area (Å²) in [5.74, 6) is -1.03. The van der Waals surface area contributed by atoms with Crippen LogP contribution >= 0.6 is 11.6 Å². The monoisotopic (exact) mass is 432 g/mol. The molecule has 5 nitrogen and oxygen atoms in total. The Morgan fingerprint density at radius 2 is 1.72 bits per heavy atom. The first-order valence-electron chi connectivity index (χ1n) is 8.61. The van der Waals surface area contributed by atoms with Gasteiger partial charge in [-0.15, -0.1) is 0 Å². The molecule has 3 aromatic carbocycles. The molecule has 0 heterocycles. The first-order chi connectivity index (χ1) is 13.7. The lowest BCUT2D eigenvalue weighted by Gasteiger charge is -2.20. The Labute approximate surface area is 173 Å². The second-order valence-corrected chi connectivity index (χ2v) is 8.72. The molecule has 3 aromatic rings. The Morgan fingerprint density at radius 1 is 1.03 bits per heavy atom. The van der Waals surface area contributed by atoms with Crippen LogP contribution in [0, 0.1) is 12.7 Å². The first kappa shape index (κ1) is 20.8. The second-order valence-electron chi connectivity index (χ2n) is 6.37. The van der Waals surface area contributed by atoms with Gasteiger partial charge in [0.1, 0.15) is 10.7 Å². The van der Waals surface area contributed by atoms with Gasteiger partial charge in [-0.1, -0.05) is 35.9 Å². The molecule has 8 heteroatoms. The molecule has 3 rings (SSSR count). The van der Waals surface area contributed by atoms with Crippen LogP contribution in [0.4, 0.5) is 15.8 Å². The fourth-order valence-corrected chi connectivity index (χ4v) is 4.34. The summed E-state index contributed by atoms with van der Waals surface area (Å²) in [6, 6.07) is 16.8. The maximum atomic E-state index is 13.7. The van der Waals surface area contributed by atoms with Gasteiger partial charge in [-0.3, -0.25) is 9.10 Å². The quantitative estimate of drug-likeness (QED) is 0.625. The van der Waals surface area contributed by atoms with Crippen molar-refractivity contribution in [1.82, 2.24) is 0 Å². The van der Waals surface area contributed by atoms with E-state index in [-0.39, 0.29) is 21.2 Å². The average Bonchev–Trinajstić information content (AvgIpc) is 2.71. The normalized spacial score (nSPS) is 11.2. The standard InChI is InChI=1S/C21H18ClFN2O3S/c1-14-8-10-16(13-19(14)23)24-21(26)15-9-11-18(22)20(12-15)29(27,28)25(2)17-6-4-3-5-7-17/h3-13H,1-2H3,(H,24,26). The van der Waals surface area contributed by atoms with Crippen LogP contribution in [-0.4, -0.2) is 21.4 Å². The van der Waals surface area contributed by atoms with Gasteiger partial charge < -0.3 is 5.32 Å². The number of carbonyl (C=O) groups excluding carboxylic acids is 1. The number of carbonyl (C=O) groups is 1. The predicted octanol–water partition coefficient (Wildman–Crippen LogP) is 4.86. The van der Waals surface area contributed by atoms with Crippen molar-refractivity contribution in [1.29, 1.82) is 0 Å². The third-order valence-electron chi connectivity index (χ3n) is 4.38. The van der Waals surface area contributed by atoms with Crippen molar-refractivity contribution >= 4 is 38.9 Å². The lowest BCUT2D eigenvalue weighted by molar-refractivity contribution is 0.102. The molecular weight excluding hydrogens is 415 g/mol. The Hall–Kier alpha value is -2.90. The highest BCUT2D eigenvalue weighted by Gasteiger charge is 2.25. The van der Waals surface area contributed by atoms with E-state index in [0.717, 1.165) is 4.31 Å². The van der Waals surface area contributed by atoms with Crippen LogP contribution in [0.3, 0.4) is 0 Å². The summed E-state index contributed by atoms with van der Waals surface area (Å²) in [7, 11) is -2.60. The van der Waals surface area contributed by atoms with E-state index in [4.69, 9.17) is 11.6 Å². The molecule has 0 fully saturated rings. The Kier molecular flexibility index (Phi) is 5.91. The lowest BCUT2D eigenvalue weighted by Crippen LogP contribution is -2.27. The Morgan fingerprint density at radius 3 is 2.38 bits per heavy atom. The third kappa shape index (κ3) is 4.41. The van der Waals surface area contributed by atoms with E-state index in [2.05, 4.69) is 5.32 Å². The van der Waals surface area contributed by atoms with E-state index < -0.39 is 21.7 Å². The van der Waals surface area contributed by atoms with Crippen LogP contribution in [0.2, 0.25) is 5.02 Å². The van der Waals surface area contributed by atoms with Gasteiger partial charge in [0.15, 0.2) is 0 Å². The number of rotatable bonds is 5. The van der Waals surface area contributed by atoms with Gasteiger partial charge in [0.25, 0.3) is 15.9 Å². The van der Waals surface area contributed by atoms with E-state index >= 15 is 0 Å². The molecule has 0 saturated heterocycles.